The molecule has 0 saturated carbocycles. The Morgan fingerprint density at radius 3 is 2.67 bits per heavy atom. The molecule has 2 aliphatic rings. The molecule has 0 aliphatic carbocycles. The molecular formula is C31H35FN4O4. The first-order valence-electron chi connectivity index (χ1n) is 13.3. The van der Waals surface area contributed by atoms with E-state index in [0.717, 1.165) is 42.6 Å². The van der Waals surface area contributed by atoms with Crippen LogP contribution in [0.15, 0.2) is 53.5 Å². The number of aromatic nitrogens is 1. The average Bonchev–Trinajstić information content (AvgIpc) is 3.32. The molecule has 6 rings (SSSR count). The van der Waals surface area contributed by atoms with Gasteiger partial charge in [0.15, 0.2) is 17.3 Å². The maximum Gasteiger partial charge on any atom is 0.256 e. The van der Waals surface area contributed by atoms with Gasteiger partial charge in [-0.2, -0.15) is 0 Å². The van der Waals surface area contributed by atoms with Gasteiger partial charge in [0.1, 0.15) is 16.8 Å². The summed E-state index contributed by atoms with van der Waals surface area (Å²) in [7, 11) is 2.08. The molecule has 40 heavy (non-hydrogen) atoms. The number of hydrogen-bond acceptors (Lipinski definition) is 6. The minimum atomic E-state index is -0.732. The number of nitrogens with one attached hydrogen (secondary N) is 2. The molecule has 0 radical (unpaired) electrons. The normalized spacial score (nSPS) is 16.8. The lowest BCUT2D eigenvalue weighted by Gasteiger charge is -2.27. The van der Waals surface area contributed by atoms with Crippen molar-refractivity contribution >= 4 is 33.3 Å². The van der Waals surface area contributed by atoms with E-state index in [1.165, 1.54) is 6.20 Å². The highest BCUT2D eigenvalue weighted by molar-refractivity contribution is 6.02. The predicted octanol–water partition coefficient (Wildman–Crippen LogP) is 5.03. The summed E-state index contributed by atoms with van der Waals surface area (Å²) in [5, 5.41) is 17.6. The Labute approximate surface area is 232 Å². The smallest absolute Gasteiger partial charge is 0.256 e. The summed E-state index contributed by atoms with van der Waals surface area (Å²) in [4.78, 5) is 29.1. The highest BCUT2D eigenvalue weighted by Gasteiger charge is 2.29. The Hall–Kier alpha value is -3.95. The number of hydrogen-bond donors (Lipinski definition) is 3. The van der Waals surface area contributed by atoms with E-state index in [1.54, 1.807) is 11.5 Å². The largest absolute Gasteiger partial charge is 0.451 e. The van der Waals surface area contributed by atoms with Gasteiger partial charge in [-0.1, -0.05) is 31.7 Å². The molecule has 8 nitrogen and oxygen atoms in total. The van der Waals surface area contributed by atoms with Crippen molar-refractivity contribution in [3.8, 4) is 17.2 Å². The van der Waals surface area contributed by atoms with Gasteiger partial charge >= 0.3 is 0 Å². The zero-order chi connectivity index (χ0) is 27.3. The van der Waals surface area contributed by atoms with Crippen LogP contribution in [0.1, 0.15) is 44.0 Å². The quantitative estimate of drug-likeness (QED) is 0.265. The molecule has 4 aromatic rings. The van der Waals surface area contributed by atoms with E-state index < -0.39 is 23.3 Å². The first-order chi connectivity index (χ1) is 18.8. The van der Waals surface area contributed by atoms with Crippen LogP contribution in [0, 0.1) is 5.82 Å². The molecule has 1 amide bonds. The van der Waals surface area contributed by atoms with Crippen LogP contribution in [0.2, 0.25) is 0 Å². The minimum Gasteiger partial charge on any atom is -0.451 e. The van der Waals surface area contributed by atoms with Crippen molar-refractivity contribution in [2.24, 2.45) is 0 Å². The van der Waals surface area contributed by atoms with Crippen molar-refractivity contribution < 1.29 is 19.0 Å². The number of likely N-dealkylation sites (tertiary alicyclic amines) is 1. The van der Waals surface area contributed by atoms with E-state index in [9.17, 15) is 14.7 Å². The Kier molecular flexibility index (Phi) is 7.53. The molecule has 1 aromatic heterocycles. The van der Waals surface area contributed by atoms with Crippen LogP contribution in [0.3, 0.4) is 0 Å². The molecule has 1 unspecified atom stereocenters. The number of carbonyl (C=O) groups is 1. The van der Waals surface area contributed by atoms with E-state index >= 15 is 4.39 Å². The van der Waals surface area contributed by atoms with Crippen molar-refractivity contribution in [1.29, 1.82) is 0 Å². The van der Waals surface area contributed by atoms with Crippen molar-refractivity contribution in [3.63, 3.8) is 0 Å². The van der Waals surface area contributed by atoms with Gasteiger partial charge in [-0.3, -0.25) is 9.59 Å². The minimum absolute atomic E-state index is 0. The van der Waals surface area contributed by atoms with E-state index in [0.29, 0.717) is 29.5 Å². The van der Waals surface area contributed by atoms with Crippen LogP contribution in [-0.2, 0) is 0 Å². The number of ether oxygens (including phenoxy) is 1. The Balaban J connectivity index is 0.00000323. The molecule has 3 aromatic carbocycles. The fourth-order valence-corrected chi connectivity index (χ4v) is 5.67. The SMILES string of the molecule is C.C[C@H](O)CNc1c(F)cc2c(=O)c(C(=O)NCCC3CCCN3C)cn3c2c1Oc1cc2ccccc2cc1-3. The van der Waals surface area contributed by atoms with Gasteiger partial charge in [-0.15, -0.1) is 0 Å². The van der Waals surface area contributed by atoms with Crippen LogP contribution in [0.4, 0.5) is 10.1 Å². The zero-order valence-corrected chi connectivity index (χ0v) is 22.0. The third-order valence-electron chi connectivity index (χ3n) is 7.75. The van der Waals surface area contributed by atoms with Gasteiger partial charge in [0.25, 0.3) is 5.91 Å². The highest BCUT2D eigenvalue weighted by Crippen LogP contribution is 2.46. The maximum absolute atomic E-state index is 15.4. The lowest BCUT2D eigenvalue weighted by atomic mass is 10.0. The number of pyridine rings is 1. The number of rotatable bonds is 7. The van der Waals surface area contributed by atoms with Crippen molar-refractivity contribution in [2.75, 3.05) is 32.0 Å². The van der Waals surface area contributed by atoms with Crippen LogP contribution < -0.4 is 20.8 Å². The first kappa shape index (κ1) is 27.6. The number of amides is 1. The third kappa shape index (κ3) is 4.80. The van der Waals surface area contributed by atoms with Crippen LogP contribution in [0.25, 0.3) is 27.4 Å². The topological polar surface area (TPSA) is 95.8 Å². The van der Waals surface area contributed by atoms with E-state index in [2.05, 4.69) is 22.6 Å². The predicted molar refractivity (Wildman–Crippen MR) is 157 cm³/mol. The summed E-state index contributed by atoms with van der Waals surface area (Å²) >= 11 is 0. The number of anilines is 1. The number of aliphatic hydroxyl groups is 1. The molecule has 3 N–H and O–H groups in total. The number of benzene rings is 3. The van der Waals surface area contributed by atoms with Crippen molar-refractivity contribution in [3.05, 3.63) is 70.3 Å². The molecule has 0 spiro atoms. The summed E-state index contributed by atoms with van der Waals surface area (Å²) in [6, 6.07) is 13.1. The average molecular weight is 547 g/mol. The van der Waals surface area contributed by atoms with E-state index in [1.807, 2.05) is 36.4 Å². The van der Waals surface area contributed by atoms with Gasteiger partial charge in [-0.05, 0) is 68.8 Å². The Bertz CT molecular complexity index is 1670. The van der Waals surface area contributed by atoms with Crippen LogP contribution >= 0.6 is 0 Å². The summed E-state index contributed by atoms with van der Waals surface area (Å²) in [6.07, 6.45) is 3.82. The second kappa shape index (κ2) is 10.9. The van der Waals surface area contributed by atoms with Gasteiger partial charge in [-0.25, -0.2) is 4.39 Å². The number of fused-ring (bicyclic) bond motifs is 3. The molecule has 3 heterocycles. The van der Waals surface area contributed by atoms with Crippen LogP contribution in [0.5, 0.6) is 11.5 Å². The van der Waals surface area contributed by atoms with Crippen molar-refractivity contribution in [1.82, 2.24) is 14.8 Å². The van der Waals surface area contributed by atoms with E-state index in [4.69, 9.17) is 4.74 Å². The van der Waals surface area contributed by atoms with Crippen LogP contribution in [-0.4, -0.2) is 59.3 Å². The first-order valence-corrected chi connectivity index (χ1v) is 13.3. The number of nitrogens with zero attached hydrogens (tertiary/aromatic N) is 2. The molecule has 2 aliphatic heterocycles. The fraction of sp³-hybridized carbons (Fsp3) is 0.355. The zero-order valence-electron chi connectivity index (χ0n) is 22.0. The molecule has 1 fully saturated rings. The standard InChI is InChI=1S/C30H31FN4O4.CH4/c1-17(36)15-33-26-23(31)14-21-27-29(26)39-25-13-19-7-4-3-6-18(19)12-24(25)35(27)16-22(28(21)37)30(38)32-10-9-20-8-5-11-34(20)2;/h3-4,6-7,12-14,16-17,20,33,36H,5,8-11,15H2,1-2H3,(H,32,38);1H4/t17-,20?;/m0./s1. The van der Waals surface area contributed by atoms with Gasteiger partial charge in [0.05, 0.1) is 17.2 Å². The lowest BCUT2D eigenvalue weighted by molar-refractivity contribution is 0.0949. The number of aliphatic hydroxyl groups excluding tert-OH is 1. The third-order valence-corrected chi connectivity index (χ3v) is 7.75. The summed E-state index contributed by atoms with van der Waals surface area (Å²) in [6.45, 7) is 3.17. The van der Waals surface area contributed by atoms with Gasteiger partial charge in [0.2, 0.25) is 5.43 Å². The van der Waals surface area contributed by atoms with Gasteiger partial charge in [0, 0.05) is 25.3 Å². The second-order valence-electron chi connectivity index (χ2n) is 10.5. The monoisotopic (exact) mass is 546 g/mol. The second-order valence-corrected chi connectivity index (χ2v) is 10.5. The summed E-state index contributed by atoms with van der Waals surface area (Å²) in [5.74, 6) is -0.583. The Morgan fingerprint density at radius 1 is 1.23 bits per heavy atom. The molecule has 9 heteroatoms. The molecule has 1 saturated heterocycles. The van der Waals surface area contributed by atoms with Crippen molar-refractivity contribution in [2.45, 2.75) is 45.8 Å². The Morgan fingerprint density at radius 2 is 1.98 bits per heavy atom. The highest BCUT2D eigenvalue weighted by atomic mass is 19.1. The van der Waals surface area contributed by atoms with Gasteiger partial charge < -0.3 is 29.9 Å². The molecule has 210 valence electrons. The molecule has 2 atom stereocenters. The fourth-order valence-electron chi connectivity index (χ4n) is 5.67. The summed E-state index contributed by atoms with van der Waals surface area (Å²) in [5.41, 5.74) is 0.431. The maximum atomic E-state index is 15.4. The molecular weight excluding hydrogens is 511 g/mol. The number of halogens is 1. The number of carbonyl (C=O) groups excluding carboxylic acids is 1. The van der Waals surface area contributed by atoms with E-state index in [-0.39, 0.29) is 36.4 Å². The summed E-state index contributed by atoms with van der Waals surface area (Å²) < 4.78 is 23.4. The lowest BCUT2D eigenvalue weighted by Crippen LogP contribution is -2.34. The molecule has 0 bridgehead atoms.